The Morgan fingerprint density at radius 1 is 1.00 bits per heavy atom. The number of halogens is 2. The van der Waals surface area contributed by atoms with Crippen molar-refractivity contribution in [1.29, 1.82) is 0 Å². The van der Waals surface area contributed by atoms with Gasteiger partial charge in [-0.25, -0.2) is 0 Å². The van der Waals surface area contributed by atoms with Crippen LogP contribution in [0, 0.1) is 0 Å². The van der Waals surface area contributed by atoms with Crippen molar-refractivity contribution in [2.75, 3.05) is 13.1 Å². The number of benzene rings is 3. The molecule has 3 aromatic rings. The molecule has 0 aromatic heterocycles. The second-order valence-corrected chi connectivity index (χ2v) is 11.5. The van der Waals surface area contributed by atoms with Gasteiger partial charge in [0, 0.05) is 17.6 Å². The molecule has 0 radical (unpaired) electrons. The van der Waals surface area contributed by atoms with Crippen molar-refractivity contribution in [2.45, 2.75) is 19.6 Å². The highest BCUT2D eigenvalue weighted by Crippen LogP contribution is 2.34. The number of carbonyl (C=O) groups excluding carboxylic acids is 3. The summed E-state index contributed by atoms with van der Waals surface area (Å²) in [6.07, 6.45) is 2.43. The summed E-state index contributed by atoms with van der Waals surface area (Å²) in [6.45, 7) is 1.23. The van der Waals surface area contributed by atoms with Crippen molar-refractivity contribution < 1.29 is 19.1 Å². The van der Waals surface area contributed by atoms with E-state index in [1.807, 2.05) is 60.7 Å². The van der Waals surface area contributed by atoms with Crippen LogP contribution in [0.1, 0.15) is 22.3 Å². The molecule has 3 amide bonds. The molecule has 2 aliphatic heterocycles. The second-order valence-electron chi connectivity index (χ2n) is 8.71. The smallest absolute Gasteiger partial charge is 0.294 e. The third-order valence-corrected chi connectivity index (χ3v) is 8.27. The van der Waals surface area contributed by atoms with E-state index in [1.54, 1.807) is 11.0 Å². The van der Waals surface area contributed by atoms with Gasteiger partial charge in [0.25, 0.3) is 11.1 Å². The lowest BCUT2D eigenvalue weighted by Gasteiger charge is -2.29. The van der Waals surface area contributed by atoms with Gasteiger partial charge in [-0.2, -0.15) is 0 Å². The van der Waals surface area contributed by atoms with E-state index in [2.05, 4.69) is 37.9 Å². The highest BCUT2D eigenvalue weighted by atomic mass is 79.9. The Morgan fingerprint density at radius 3 is 2.51 bits per heavy atom. The van der Waals surface area contributed by atoms with E-state index in [4.69, 9.17) is 4.74 Å². The van der Waals surface area contributed by atoms with Gasteiger partial charge in [-0.15, -0.1) is 0 Å². The van der Waals surface area contributed by atoms with E-state index >= 15 is 0 Å². The lowest BCUT2D eigenvalue weighted by atomic mass is 10.00. The SMILES string of the molecule is O=C(CN1C(=O)S/C(=C\c2ccc(OCc3ccc(Br)cc3)c(Br)c2)C1=O)N1CCc2ccccc2C1. The minimum absolute atomic E-state index is 0.229. The Labute approximate surface area is 235 Å². The van der Waals surface area contributed by atoms with Crippen molar-refractivity contribution in [3.63, 3.8) is 0 Å². The molecule has 0 atom stereocenters. The highest BCUT2D eigenvalue weighted by molar-refractivity contribution is 9.10. The van der Waals surface area contributed by atoms with Crippen molar-refractivity contribution >= 4 is 66.8 Å². The molecule has 9 heteroatoms. The van der Waals surface area contributed by atoms with Gasteiger partial charge in [0.1, 0.15) is 18.9 Å². The number of imide groups is 1. The molecular formula is C28H22Br2N2O4S. The first kappa shape index (κ1) is 25.8. The predicted molar refractivity (Wildman–Crippen MR) is 151 cm³/mol. The average Bonchev–Trinajstić information content (AvgIpc) is 3.16. The summed E-state index contributed by atoms with van der Waals surface area (Å²) in [6, 6.07) is 21.4. The van der Waals surface area contributed by atoms with Crippen LogP contribution in [0.15, 0.2) is 80.6 Å². The van der Waals surface area contributed by atoms with Crippen LogP contribution in [0.5, 0.6) is 5.75 Å². The normalized spacial score (nSPS) is 16.3. The number of thioether (sulfide) groups is 1. The lowest BCUT2D eigenvalue weighted by molar-refractivity contribution is -0.136. The van der Waals surface area contributed by atoms with Crippen molar-refractivity contribution in [2.24, 2.45) is 0 Å². The molecule has 0 N–H and O–H groups in total. The Morgan fingerprint density at radius 2 is 1.76 bits per heavy atom. The Bertz CT molecular complexity index is 1410. The molecular weight excluding hydrogens is 620 g/mol. The van der Waals surface area contributed by atoms with E-state index in [9.17, 15) is 14.4 Å². The highest BCUT2D eigenvalue weighted by Gasteiger charge is 2.37. The van der Waals surface area contributed by atoms with E-state index in [-0.39, 0.29) is 17.4 Å². The quantitative estimate of drug-likeness (QED) is 0.291. The van der Waals surface area contributed by atoms with Crippen LogP contribution >= 0.6 is 43.6 Å². The number of nitrogens with zero attached hydrogens (tertiary/aromatic N) is 2. The van der Waals surface area contributed by atoms with Crippen molar-refractivity contribution in [3.8, 4) is 5.75 Å². The number of hydrogen-bond acceptors (Lipinski definition) is 5. The van der Waals surface area contributed by atoms with Crippen LogP contribution in [0.4, 0.5) is 4.79 Å². The summed E-state index contributed by atoms with van der Waals surface area (Å²) < 4.78 is 7.65. The zero-order chi connectivity index (χ0) is 25.9. The standard InChI is InChI=1S/C28H22Br2N2O4S/c29-22-8-5-18(6-9-22)17-36-24-10-7-19(13-23(24)30)14-25-27(34)32(28(35)37-25)16-26(33)31-12-11-20-3-1-2-4-21(20)15-31/h1-10,13-14H,11-12,15-17H2/b25-14-. The molecule has 3 aromatic carbocycles. The molecule has 188 valence electrons. The van der Waals surface area contributed by atoms with Crippen LogP contribution in [0.2, 0.25) is 0 Å². The van der Waals surface area contributed by atoms with Crippen LogP contribution in [-0.4, -0.2) is 39.9 Å². The van der Waals surface area contributed by atoms with E-state index in [1.165, 1.54) is 5.56 Å². The van der Waals surface area contributed by atoms with Gasteiger partial charge in [0.15, 0.2) is 0 Å². The Hall–Kier alpha value is -2.88. The van der Waals surface area contributed by atoms with Gasteiger partial charge >= 0.3 is 0 Å². The molecule has 0 spiro atoms. The fourth-order valence-corrected chi connectivity index (χ4v) is 5.81. The molecule has 37 heavy (non-hydrogen) atoms. The Kier molecular flexibility index (Phi) is 7.83. The molecule has 0 saturated carbocycles. The fraction of sp³-hybridized carbons (Fsp3) is 0.179. The first-order valence-corrected chi connectivity index (χ1v) is 14.0. The summed E-state index contributed by atoms with van der Waals surface area (Å²) >= 11 is 7.80. The van der Waals surface area contributed by atoms with E-state index < -0.39 is 11.1 Å². The van der Waals surface area contributed by atoms with E-state index in [0.29, 0.717) is 25.4 Å². The average molecular weight is 642 g/mol. The van der Waals surface area contributed by atoms with Gasteiger partial charge < -0.3 is 9.64 Å². The van der Waals surface area contributed by atoms with Crippen molar-refractivity contribution in [1.82, 2.24) is 9.80 Å². The minimum atomic E-state index is -0.451. The molecule has 0 unspecified atom stereocenters. The molecule has 2 heterocycles. The lowest BCUT2D eigenvalue weighted by Crippen LogP contribution is -2.44. The third kappa shape index (κ3) is 6.00. The fourth-order valence-electron chi connectivity index (χ4n) is 4.20. The first-order chi connectivity index (χ1) is 17.9. The minimum Gasteiger partial charge on any atom is -0.488 e. The molecule has 1 fully saturated rings. The number of hydrogen-bond donors (Lipinski definition) is 0. The summed E-state index contributed by atoms with van der Waals surface area (Å²) in [4.78, 5) is 41.5. The van der Waals surface area contributed by atoms with E-state index in [0.717, 1.165) is 48.7 Å². The third-order valence-electron chi connectivity index (χ3n) is 6.21. The summed E-state index contributed by atoms with van der Waals surface area (Å²) in [5.74, 6) is -0.0117. The molecule has 6 nitrogen and oxygen atoms in total. The maximum Gasteiger partial charge on any atom is 0.294 e. The van der Waals surface area contributed by atoms with Gasteiger partial charge in [-0.05, 0) is 86.7 Å². The number of ether oxygens (including phenoxy) is 1. The van der Waals surface area contributed by atoms with Crippen LogP contribution in [-0.2, 0) is 29.2 Å². The van der Waals surface area contributed by atoms with Crippen LogP contribution in [0.3, 0.4) is 0 Å². The zero-order valence-electron chi connectivity index (χ0n) is 19.7. The molecule has 2 aliphatic rings. The number of rotatable bonds is 6. The largest absolute Gasteiger partial charge is 0.488 e. The monoisotopic (exact) mass is 640 g/mol. The number of amides is 3. The molecule has 1 saturated heterocycles. The zero-order valence-corrected chi connectivity index (χ0v) is 23.6. The van der Waals surface area contributed by atoms with Gasteiger partial charge in [-0.1, -0.05) is 58.4 Å². The molecule has 0 aliphatic carbocycles. The van der Waals surface area contributed by atoms with Gasteiger partial charge in [0.2, 0.25) is 5.91 Å². The van der Waals surface area contributed by atoms with Gasteiger partial charge in [-0.3, -0.25) is 19.3 Å². The van der Waals surface area contributed by atoms with Crippen LogP contribution in [0.25, 0.3) is 6.08 Å². The van der Waals surface area contributed by atoms with Gasteiger partial charge in [0.05, 0.1) is 9.38 Å². The summed E-state index contributed by atoms with van der Waals surface area (Å²) in [5.41, 5.74) is 4.12. The topological polar surface area (TPSA) is 66.9 Å². The second kappa shape index (κ2) is 11.2. The summed E-state index contributed by atoms with van der Waals surface area (Å²) in [5, 5.41) is -0.435. The Balaban J connectivity index is 1.22. The number of carbonyl (C=O) groups is 3. The first-order valence-electron chi connectivity index (χ1n) is 11.6. The maximum absolute atomic E-state index is 13.0. The van der Waals surface area contributed by atoms with Crippen molar-refractivity contribution in [3.05, 3.63) is 103 Å². The van der Waals surface area contributed by atoms with Crippen LogP contribution < -0.4 is 4.74 Å². The maximum atomic E-state index is 13.0. The molecule has 0 bridgehead atoms. The molecule has 5 rings (SSSR count). The predicted octanol–water partition coefficient (Wildman–Crippen LogP) is 6.41. The number of fused-ring (bicyclic) bond motifs is 1. The summed E-state index contributed by atoms with van der Waals surface area (Å²) in [7, 11) is 0.